The van der Waals surface area contributed by atoms with Gasteiger partial charge in [-0.2, -0.15) is 0 Å². The molecule has 0 aromatic rings. The molecule has 68 valence electrons. The highest BCUT2D eigenvalue weighted by atomic mass is 16.7. The molecular formula is C10H11NO2. The Labute approximate surface area is 76.5 Å². The van der Waals surface area contributed by atoms with Gasteiger partial charge in [0.15, 0.2) is 5.79 Å². The maximum Gasteiger partial charge on any atom is 0.192 e. The lowest BCUT2D eigenvalue weighted by atomic mass is 10.1. The standard InChI is InChI=1S/C10H11NO2/c11-9-3-7-5-10(6-8(7)4-9)12-1-2-13-10/h3-5H,1-2,6,11H2. The van der Waals surface area contributed by atoms with Crippen molar-refractivity contribution in [3.05, 3.63) is 35.1 Å². The van der Waals surface area contributed by atoms with E-state index in [1.165, 1.54) is 11.1 Å². The van der Waals surface area contributed by atoms with Crippen molar-refractivity contribution in [3.63, 3.8) is 0 Å². The number of hydrogen-bond donors (Lipinski definition) is 1. The second-order valence-corrected chi connectivity index (χ2v) is 3.60. The van der Waals surface area contributed by atoms with Gasteiger partial charge in [-0.1, -0.05) is 0 Å². The summed E-state index contributed by atoms with van der Waals surface area (Å²) in [5, 5.41) is 0. The maximum absolute atomic E-state index is 5.67. The topological polar surface area (TPSA) is 44.5 Å². The SMILES string of the molecule is NC1=CC2=CC3(CC2=C1)OCCO3. The van der Waals surface area contributed by atoms with E-state index in [1.807, 2.05) is 18.2 Å². The molecule has 0 amide bonds. The van der Waals surface area contributed by atoms with Gasteiger partial charge in [0.1, 0.15) is 0 Å². The Morgan fingerprint density at radius 2 is 2.00 bits per heavy atom. The highest BCUT2D eigenvalue weighted by Crippen LogP contribution is 2.42. The Balaban J connectivity index is 1.98. The zero-order chi connectivity index (χ0) is 8.89. The van der Waals surface area contributed by atoms with Gasteiger partial charge in [0.2, 0.25) is 0 Å². The monoisotopic (exact) mass is 177 g/mol. The molecule has 0 atom stereocenters. The molecule has 0 bridgehead atoms. The first kappa shape index (κ1) is 7.35. The third kappa shape index (κ3) is 0.975. The van der Waals surface area contributed by atoms with Crippen LogP contribution < -0.4 is 5.73 Å². The first-order chi connectivity index (χ1) is 6.27. The summed E-state index contributed by atoms with van der Waals surface area (Å²) >= 11 is 0. The molecule has 0 saturated carbocycles. The smallest absolute Gasteiger partial charge is 0.192 e. The molecule has 0 aromatic carbocycles. The summed E-state index contributed by atoms with van der Waals surface area (Å²) in [6.45, 7) is 1.38. The third-order valence-corrected chi connectivity index (χ3v) is 2.62. The molecule has 0 radical (unpaired) electrons. The lowest BCUT2D eigenvalue weighted by molar-refractivity contribution is -0.110. The van der Waals surface area contributed by atoms with Crippen LogP contribution >= 0.6 is 0 Å². The van der Waals surface area contributed by atoms with Crippen molar-refractivity contribution in [3.8, 4) is 0 Å². The fourth-order valence-electron chi connectivity index (χ4n) is 2.10. The van der Waals surface area contributed by atoms with Crippen LogP contribution in [0.1, 0.15) is 6.42 Å². The molecule has 3 nitrogen and oxygen atoms in total. The molecular weight excluding hydrogens is 166 g/mol. The summed E-state index contributed by atoms with van der Waals surface area (Å²) in [6, 6.07) is 0. The van der Waals surface area contributed by atoms with Gasteiger partial charge in [0, 0.05) is 12.1 Å². The van der Waals surface area contributed by atoms with Crippen molar-refractivity contribution in [1.82, 2.24) is 0 Å². The molecule has 1 aliphatic heterocycles. The number of rotatable bonds is 0. The van der Waals surface area contributed by atoms with Crippen LogP contribution in [0.4, 0.5) is 0 Å². The summed E-state index contributed by atoms with van der Waals surface area (Å²) in [6.07, 6.45) is 6.80. The van der Waals surface area contributed by atoms with E-state index in [0.717, 1.165) is 12.1 Å². The zero-order valence-corrected chi connectivity index (χ0v) is 7.25. The molecule has 1 fully saturated rings. The molecule has 1 saturated heterocycles. The van der Waals surface area contributed by atoms with Crippen LogP contribution in [0.2, 0.25) is 0 Å². The van der Waals surface area contributed by atoms with Crippen LogP contribution in [-0.4, -0.2) is 19.0 Å². The average Bonchev–Trinajstić information content (AvgIpc) is 2.67. The summed E-state index contributed by atoms with van der Waals surface area (Å²) in [7, 11) is 0. The lowest BCUT2D eigenvalue weighted by Crippen LogP contribution is -2.24. The van der Waals surface area contributed by atoms with Crippen molar-refractivity contribution in [2.45, 2.75) is 12.2 Å². The van der Waals surface area contributed by atoms with Crippen LogP contribution in [-0.2, 0) is 9.47 Å². The predicted octanol–water partition coefficient (Wildman–Crippen LogP) is 0.842. The van der Waals surface area contributed by atoms with Crippen LogP contribution in [0.3, 0.4) is 0 Å². The Kier molecular flexibility index (Phi) is 1.27. The molecule has 1 heterocycles. The highest BCUT2D eigenvalue weighted by molar-refractivity contribution is 5.56. The van der Waals surface area contributed by atoms with Gasteiger partial charge in [-0.15, -0.1) is 0 Å². The van der Waals surface area contributed by atoms with E-state index in [9.17, 15) is 0 Å². The average molecular weight is 177 g/mol. The van der Waals surface area contributed by atoms with Gasteiger partial charge in [-0.25, -0.2) is 0 Å². The van der Waals surface area contributed by atoms with E-state index in [2.05, 4.69) is 0 Å². The zero-order valence-electron chi connectivity index (χ0n) is 7.25. The van der Waals surface area contributed by atoms with Crippen molar-refractivity contribution in [2.75, 3.05) is 13.2 Å². The molecule has 2 aliphatic carbocycles. The van der Waals surface area contributed by atoms with Gasteiger partial charge in [-0.3, -0.25) is 0 Å². The van der Waals surface area contributed by atoms with E-state index in [1.54, 1.807) is 0 Å². The summed E-state index contributed by atoms with van der Waals surface area (Å²) in [5.74, 6) is -0.460. The Bertz CT molecular complexity index is 346. The van der Waals surface area contributed by atoms with Crippen molar-refractivity contribution >= 4 is 0 Å². The number of allylic oxidation sites excluding steroid dienone is 3. The normalized spacial score (nSPS) is 28.8. The van der Waals surface area contributed by atoms with Crippen LogP contribution in [0.25, 0.3) is 0 Å². The quantitative estimate of drug-likeness (QED) is 0.596. The minimum Gasteiger partial charge on any atom is -0.399 e. The molecule has 3 rings (SSSR count). The van der Waals surface area contributed by atoms with Gasteiger partial charge in [0.05, 0.1) is 13.2 Å². The molecule has 13 heavy (non-hydrogen) atoms. The van der Waals surface area contributed by atoms with Crippen LogP contribution in [0.5, 0.6) is 0 Å². The molecule has 3 heteroatoms. The van der Waals surface area contributed by atoms with Gasteiger partial charge in [-0.05, 0) is 29.4 Å². The van der Waals surface area contributed by atoms with Crippen LogP contribution in [0.15, 0.2) is 35.1 Å². The Morgan fingerprint density at radius 3 is 2.69 bits per heavy atom. The fraction of sp³-hybridized carbons (Fsp3) is 0.400. The minimum atomic E-state index is -0.460. The Hall–Kier alpha value is -1.06. The van der Waals surface area contributed by atoms with Crippen molar-refractivity contribution in [1.29, 1.82) is 0 Å². The second kappa shape index (κ2) is 2.25. The van der Waals surface area contributed by atoms with E-state index in [4.69, 9.17) is 15.2 Å². The third-order valence-electron chi connectivity index (χ3n) is 2.62. The number of fused-ring (bicyclic) bond motifs is 1. The lowest BCUT2D eigenvalue weighted by Gasteiger charge is -2.18. The number of ether oxygens (including phenoxy) is 2. The minimum absolute atomic E-state index is 0.460. The number of hydrogen-bond acceptors (Lipinski definition) is 3. The summed E-state index contributed by atoms with van der Waals surface area (Å²) in [4.78, 5) is 0. The number of nitrogens with two attached hydrogens (primary N) is 1. The highest BCUT2D eigenvalue weighted by Gasteiger charge is 2.41. The predicted molar refractivity (Wildman–Crippen MR) is 47.7 cm³/mol. The van der Waals surface area contributed by atoms with Gasteiger partial charge in [0.25, 0.3) is 0 Å². The van der Waals surface area contributed by atoms with Gasteiger partial charge < -0.3 is 15.2 Å². The molecule has 1 spiro atoms. The van der Waals surface area contributed by atoms with Crippen molar-refractivity contribution in [2.24, 2.45) is 5.73 Å². The van der Waals surface area contributed by atoms with Crippen molar-refractivity contribution < 1.29 is 9.47 Å². The molecule has 2 N–H and O–H groups in total. The van der Waals surface area contributed by atoms with Gasteiger partial charge >= 0.3 is 0 Å². The maximum atomic E-state index is 5.67. The summed E-state index contributed by atoms with van der Waals surface area (Å²) < 4.78 is 11.1. The second-order valence-electron chi connectivity index (χ2n) is 3.60. The van der Waals surface area contributed by atoms with Crippen LogP contribution in [0, 0.1) is 0 Å². The summed E-state index contributed by atoms with van der Waals surface area (Å²) in [5.41, 5.74) is 8.90. The molecule has 3 aliphatic rings. The van der Waals surface area contributed by atoms with E-state index < -0.39 is 5.79 Å². The first-order valence-corrected chi connectivity index (χ1v) is 4.46. The van der Waals surface area contributed by atoms with E-state index >= 15 is 0 Å². The fourth-order valence-corrected chi connectivity index (χ4v) is 2.10. The van der Waals surface area contributed by atoms with E-state index in [-0.39, 0.29) is 0 Å². The first-order valence-electron chi connectivity index (χ1n) is 4.46. The molecule has 0 aromatic heterocycles. The largest absolute Gasteiger partial charge is 0.399 e. The van der Waals surface area contributed by atoms with E-state index in [0.29, 0.717) is 13.2 Å². The Morgan fingerprint density at radius 1 is 1.23 bits per heavy atom. The molecule has 0 unspecified atom stereocenters.